The highest BCUT2D eigenvalue weighted by Crippen LogP contribution is 2.35. The van der Waals surface area contributed by atoms with E-state index in [1.54, 1.807) is 30.3 Å². The first-order chi connectivity index (χ1) is 13.0. The molecule has 1 aliphatic heterocycles. The molecule has 7 heteroatoms. The number of aromatic carboxylic acids is 1. The van der Waals surface area contributed by atoms with Crippen LogP contribution in [-0.2, 0) is 17.5 Å². The lowest BCUT2D eigenvalue weighted by molar-refractivity contribution is -0.142. The van der Waals surface area contributed by atoms with E-state index in [1.807, 2.05) is 13.8 Å². The van der Waals surface area contributed by atoms with Gasteiger partial charge in [-0.25, -0.2) is 4.79 Å². The lowest BCUT2D eigenvalue weighted by Crippen LogP contribution is -2.49. The van der Waals surface area contributed by atoms with Crippen LogP contribution in [0.1, 0.15) is 47.0 Å². The molecule has 1 heterocycles. The van der Waals surface area contributed by atoms with Crippen molar-refractivity contribution < 1.29 is 27.8 Å². The van der Waals surface area contributed by atoms with E-state index in [0.717, 1.165) is 17.7 Å². The Bertz CT molecular complexity index is 847. The maximum atomic E-state index is 13.0. The van der Waals surface area contributed by atoms with E-state index in [-0.39, 0.29) is 5.56 Å². The highest BCUT2D eigenvalue weighted by atomic mass is 19.4. The van der Waals surface area contributed by atoms with Crippen LogP contribution >= 0.6 is 0 Å². The number of rotatable bonds is 4. The average Bonchev–Trinajstić information content (AvgIpc) is 2.60. The van der Waals surface area contributed by atoms with E-state index in [2.05, 4.69) is 4.90 Å². The molecule has 1 N–H and O–H groups in total. The summed E-state index contributed by atoms with van der Waals surface area (Å²) in [7, 11) is 0. The highest BCUT2D eigenvalue weighted by Gasteiger charge is 2.36. The second-order valence-corrected chi connectivity index (χ2v) is 7.66. The SMILES string of the molecule is CC1(C)CN(Cc2ccc(C(=O)O)cc2)CC(c2cccc(C(F)(F)F)c2)O1. The molecule has 1 aliphatic rings. The minimum atomic E-state index is -4.40. The van der Waals surface area contributed by atoms with Crippen molar-refractivity contribution in [2.24, 2.45) is 0 Å². The van der Waals surface area contributed by atoms with Crippen LogP contribution in [-0.4, -0.2) is 34.7 Å². The Kier molecular flexibility index (Phi) is 5.50. The van der Waals surface area contributed by atoms with Gasteiger partial charge in [-0.2, -0.15) is 13.2 Å². The van der Waals surface area contributed by atoms with E-state index in [1.165, 1.54) is 6.07 Å². The van der Waals surface area contributed by atoms with Crippen LogP contribution in [0.15, 0.2) is 48.5 Å². The predicted molar refractivity (Wildman–Crippen MR) is 98.0 cm³/mol. The van der Waals surface area contributed by atoms with Gasteiger partial charge in [0.05, 0.1) is 22.8 Å². The number of halogens is 3. The molecule has 0 aromatic heterocycles. The topological polar surface area (TPSA) is 49.8 Å². The molecule has 3 rings (SSSR count). The van der Waals surface area contributed by atoms with Crippen molar-refractivity contribution in [3.63, 3.8) is 0 Å². The molecule has 1 unspecified atom stereocenters. The van der Waals surface area contributed by atoms with Crippen LogP contribution in [0.3, 0.4) is 0 Å². The molecule has 4 nitrogen and oxygen atoms in total. The largest absolute Gasteiger partial charge is 0.478 e. The van der Waals surface area contributed by atoms with Crippen LogP contribution in [0.4, 0.5) is 13.2 Å². The van der Waals surface area contributed by atoms with Gasteiger partial charge in [-0.05, 0) is 49.2 Å². The molecular formula is C21H22F3NO3. The molecule has 2 aromatic carbocycles. The minimum absolute atomic E-state index is 0.216. The van der Waals surface area contributed by atoms with Crippen LogP contribution in [0.2, 0.25) is 0 Å². The summed E-state index contributed by atoms with van der Waals surface area (Å²) in [5.41, 5.74) is 0.429. The minimum Gasteiger partial charge on any atom is -0.478 e. The Morgan fingerprint density at radius 1 is 1.21 bits per heavy atom. The zero-order valence-corrected chi connectivity index (χ0v) is 15.7. The molecule has 0 bridgehead atoms. The van der Waals surface area contributed by atoms with Crippen LogP contribution in [0.25, 0.3) is 0 Å². The number of morpholine rings is 1. The molecule has 1 fully saturated rings. The summed E-state index contributed by atoms with van der Waals surface area (Å²) in [4.78, 5) is 13.1. The smallest absolute Gasteiger partial charge is 0.416 e. The summed E-state index contributed by atoms with van der Waals surface area (Å²) >= 11 is 0. The number of ether oxygens (including phenoxy) is 1. The molecule has 0 amide bonds. The van der Waals surface area contributed by atoms with Crippen molar-refractivity contribution in [1.29, 1.82) is 0 Å². The number of alkyl halides is 3. The van der Waals surface area contributed by atoms with E-state index < -0.39 is 29.4 Å². The Morgan fingerprint density at radius 2 is 1.89 bits per heavy atom. The van der Waals surface area contributed by atoms with Gasteiger partial charge >= 0.3 is 12.1 Å². The van der Waals surface area contributed by atoms with Gasteiger partial charge in [-0.15, -0.1) is 0 Å². The molecule has 0 saturated carbocycles. The van der Waals surface area contributed by atoms with Crippen molar-refractivity contribution in [2.75, 3.05) is 13.1 Å². The molecular weight excluding hydrogens is 371 g/mol. The first kappa shape index (κ1) is 20.4. The highest BCUT2D eigenvalue weighted by molar-refractivity contribution is 5.87. The van der Waals surface area contributed by atoms with E-state index >= 15 is 0 Å². The summed E-state index contributed by atoms with van der Waals surface area (Å²) in [6.07, 6.45) is -4.88. The van der Waals surface area contributed by atoms with Gasteiger partial charge in [0.25, 0.3) is 0 Å². The number of benzene rings is 2. The Morgan fingerprint density at radius 3 is 2.50 bits per heavy atom. The number of hydrogen-bond donors (Lipinski definition) is 1. The van der Waals surface area contributed by atoms with E-state index in [9.17, 15) is 18.0 Å². The summed E-state index contributed by atoms with van der Waals surface area (Å²) in [5.74, 6) is -0.983. The van der Waals surface area contributed by atoms with Gasteiger partial charge in [0.2, 0.25) is 0 Å². The zero-order valence-electron chi connectivity index (χ0n) is 15.7. The maximum absolute atomic E-state index is 13.0. The fourth-order valence-electron chi connectivity index (χ4n) is 3.52. The first-order valence-electron chi connectivity index (χ1n) is 8.93. The predicted octanol–water partition coefficient (Wildman–Crippen LogP) is 4.76. The quantitative estimate of drug-likeness (QED) is 0.814. The van der Waals surface area contributed by atoms with Gasteiger partial charge in [0.15, 0.2) is 0 Å². The zero-order chi connectivity index (χ0) is 20.5. The van der Waals surface area contributed by atoms with Crippen molar-refractivity contribution in [3.8, 4) is 0 Å². The Balaban J connectivity index is 1.79. The second kappa shape index (κ2) is 7.56. The lowest BCUT2D eigenvalue weighted by atomic mass is 9.99. The van der Waals surface area contributed by atoms with Crippen LogP contribution in [0, 0.1) is 0 Å². The Labute approximate surface area is 161 Å². The number of carbonyl (C=O) groups is 1. The molecule has 0 spiro atoms. The van der Waals surface area contributed by atoms with Crippen molar-refractivity contribution >= 4 is 5.97 Å². The average molecular weight is 393 g/mol. The second-order valence-electron chi connectivity index (χ2n) is 7.66. The van der Waals surface area contributed by atoms with Gasteiger partial charge in [0.1, 0.15) is 0 Å². The Hall–Kier alpha value is -2.38. The van der Waals surface area contributed by atoms with E-state index in [4.69, 9.17) is 9.84 Å². The van der Waals surface area contributed by atoms with Crippen molar-refractivity contribution in [2.45, 2.75) is 38.3 Å². The summed E-state index contributed by atoms with van der Waals surface area (Å²) in [5, 5.41) is 9.00. The van der Waals surface area contributed by atoms with Crippen molar-refractivity contribution in [3.05, 3.63) is 70.8 Å². The standard InChI is InChI=1S/C21H22F3NO3/c1-20(2)13-25(11-14-6-8-15(9-7-14)19(26)27)12-18(28-20)16-4-3-5-17(10-16)21(22,23)24/h3-10,18H,11-13H2,1-2H3,(H,26,27). The van der Waals surface area contributed by atoms with Crippen molar-refractivity contribution in [1.82, 2.24) is 4.90 Å². The van der Waals surface area contributed by atoms with Crippen LogP contribution in [0.5, 0.6) is 0 Å². The monoisotopic (exact) mass is 393 g/mol. The van der Waals surface area contributed by atoms with Gasteiger partial charge in [-0.1, -0.05) is 24.3 Å². The van der Waals surface area contributed by atoms with Gasteiger partial charge in [-0.3, -0.25) is 4.90 Å². The third-order valence-electron chi connectivity index (χ3n) is 4.68. The number of hydrogen-bond acceptors (Lipinski definition) is 3. The summed E-state index contributed by atoms with van der Waals surface area (Å²) in [6, 6.07) is 11.9. The molecule has 1 atom stereocenters. The lowest BCUT2D eigenvalue weighted by Gasteiger charge is -2.43. The number of nitrogens with zero attached hydrogens (tertiary/aromatic N) is 1. The molecule has 150 valence electrons. The molecule has 28 heavy (non-hydrogen) atoms. The molecule has 0 radical (unpaired) electrons. The summed E-state index contributed by atoms with van der Waals surface area (Å²) < 4.78 is 45.2. The third-order valence-corrected chi connectivity index (χ3v) is 4.68. The number of carboxylic acid groups (broad SMARTS) is 1. The van der Waals surface area contributed by atoms with Crippen LogP contribution < -0.4 is 0 Å². The normalized spacial score (nSPS) is 20.1. The van der Waals surface area contributed by atoms with E-state index in [0.29, 0.717) is 25.2 Å². The van der Waals surface area contributed by atoms with Gasteiger partial charge < -0.3 is 9.84 Å². The van der Waals surface area contributed by atoms with Gasteiger partial charge in [0, 0.05) is 19.6 Å². The fraction of sp³-hybridized carbons (Fsp3) is 0.381. The summed E-state index contributed by atoms with van der Waals surface area (Å²) in [6.45, 7) is 5.44. The third kappa shape index (κ3) is 4.91. The molecule has 1 saturated heterocycles. The molecule has 0 aliphatic carbocycles. The maximum Gasteiger partial charge on any atom is 0.416 e. The first-order valence-corrected chi connectivity index (χ1v) is 8.93. The fourth-order valence-corrected chi connectivity index (χ4v) is 3.52. The number of carboxylic acids is 1. The molecule has 2 aromatic rings.